The molecule has 3 N–H and O–H groups in total. The summed E-state index contributed by atoms with van der Waals surface area (Å²) in [5.41, 5.74) is 4.97. The molecule has 21 heavy (non-hydrogen) atoms. The number of aryl methyl sites for hydroxylation is 1. The Morgan fingerprint density at radius 2 is 1.86 bits per heavy atom. The lowest BCUT2D eigenvalue weighted by atomic mass is 10.1. The zero-order valence-electron chi connectivity index (χ0n) is 11.1. The van der Waals surface area contributed by atoms with Crippen LogP contribution >= 0.6 is 0 Å². The van der Waals surface area contributed by atoms with Crippen LogP contribution in [0.4, 0.5) is 14.5 Å². The Kier molecular flexibility index (Phi) is 3.98. The van der Waals surface area contributed by atoms with Gasteiger partial charge in [-0.1, -0.05) is 12.1 Å². The standard InChI is InChI=1S/C15H12F2N2O2/c1-8-3-2-4-10(13(8)17)15(21)19-12-7-9(14(18)20)5-6-11(12)16/h2-7H,1H3,(H2,18,20)(H,19,21). The van der Waals surface area contributed by atoms with E-state index < -0.39 is 23.4 Å². The number of anilines is 1. The van der Waals surface area contributed by atoms with E-state index in [1.54, 1.807) is 0 Å². The molecule has 0 aliphatic heterocycles. The summed E-state index contributed by atoms with van der Waals surface area (Å²) in [6, 6.07) is 7.61. The topological polar surface area (TPSA) is 72.2 Å². The van der Waals surface area contributed by atoms with Gasteiger partial charge in [-0.25, -0.2) is 8.78 Å². The summed E-state index contributed by atoms with van der Waals surface area (Å²) in [5.74, 6) is -2.99. The molecule has 2 aromatic rings. The lowest BCUT2D eigenvalue weighted by molar-refractivity contribution is 0.0995. The Labute approximate surface area is 119 Å². The number of amides is 2. The molecule has 0 unspecified atom stereocenters. The molecule has 2 aromatic carbocycles. The summed E-state index contributed by atoms with van der Waals surface area (Å²) in [7, 11) is 0. The Morgan fingerprint density at radius 3 is 2.52 bits per heavy atom. The predicted octanol–water partition coefficient (Wildman–Crippen LogP) is 2.62. The Hall–Kier alpha value is -2.76. The molecule has 0 saturated carbocycles. The number of hydrogen-bond donors (Lipinski definition) is 2. The van der Waals surface area contributed by atoms with Gasteiger partial charge in [0.15, 0.2) is 0 Å². The van der Waals surface area contributed by atoms with Crippen molar-refractivity contribution >= 4 is 17.5 Å². The fraction of sp³-hybridized carbons (Fsp3) is 0.0667. The Bertz CT molecular complexity index is 730. The molecule has 0 aliphatic rings. The highest BCUT2D eigenvalue weighted by Crippen LogP contribution is 2.19. The summed E-state index contributed by atoms with van der Waals surface area (Å²) in [4.78, 5) is 23.0. The second-order valence-electron chi connectivity index (χ2n) is 4.45. The number of benzene rings is 2. The maximum atomic E-state index is 13.8. The lowest BCUT2D eigenvalue weighted by Gasteiger charge is -2.09. The molecule has 2 amide bonds. The van der Waals surface area contributed by atoms with Crippen LogP contribution in [0.1, 0.15) is 26.3 Å². The molecule has 2 rings (SSSR count). The van der Waals surface area contributed by atoms with E-state index in [0.29, 0.717) is 5.56 Å². The van der Waals surface area contributed by atoms with Crippen LogP contribution in [-0.2, 0) is 0 Å². The third-order valence-electron chi connectivity index (χ3n) is 2.94. The van der Waals surface area contributed by atoms with Crippen molar-refractivity contribution in [3.05, 3.63) is 64.7 Å². The van der Waals surface area contributed by atoms with Crippen molar-refractivity contribution in [2.24, 2.45) is 5.73 Å². The second kappa shape index (κ2) is 5.70. The monoisotopic (exact) mass is 290 g/mol. The number of rotatable bonds is 3. The number of halogens is 2. The van der Waals surface area contributed by atoms with Crippen molar-refractivity contribution in [2.45, 2.75) is 6.92 Å². The van der Waals surface area contributed by atoms with Crippen molar-refractivity contribution in [1.29, 1.82) is 0 Å². The average molecular weight is 290 g/mol. The maximum Gasteiger partial charge on any atom is 0.258 e. The van der Waals surface area contributed by atoms with E-state index in [4.69, 9.17) is 5.73 Å². The van der Waals surface area contributed by atoms with E-state index in [1.807, 2.05) is 0 Å². The van der Waals surface area contributed by atoms with E-state index in [9.17, 15) is 18.4 Å². The molecule has 0 aliphatic carbocycles. The first-order valence-corrected chi connectivity index (χ1v) is 6.06. The molecule has 0 spiro atoms. The molecule has 0 atom stereocenters. The van der Waals surface area contributed by atoms with Gasteiger partial charge in [0, 0.05) is 5.56 Å². The summed E-state index contributed by atoms with van der Waals surface area (Å²) in [5, 5.41) is 2.23. The number of nitrogens with one attached hydrogen (secondary N) is 1. The van der Waals surface area contributed by atoms with E-state index in [2.05, 4.69) is 5.32 Å². The van der Waals surface area contributed by atoms with Crippen molar-refractivity contribution in [1.82, 2.24) is 0 Å². The number of hydrogen-bond acceptors (Lipinski definition) is 2. The minimum Gasteiger partial charge on any atom is -0.366 e. The Balaban J connectivity index is 2.33. The van der Waals surface area contributed by atoms with Crippen molar-refractivity contribution in [3.8, 4) is 0 Å². The molecule has 0 bridgehead atoms. The highest BCUT2D eigenvalue weighted by molar-refractivity contribution is 6.05. The first-order chi connectivity index (χ1) is 9.90. The molecule has 0 aromatic heterocycles. The van der Waals surface area contributed by atoms with Gasteiger partial charge in [0.25, 0.3) is 5.91 Å². The van der Waals surface area contributed by atoms with Crippen LogP contribution < -0.4 is 11.1 Å². The minimum absolute atomic E-state index is 0.0383. The molecule has 0 heterocycles. The molecular weight excluding hydrogens is 278 g/mol. The molecule has 0 saturated heterocycles. The van der Waals surface area contributed by atoms with Crippen LogP contribution in [0.25, 0.3) is 0 Å². The van der Waals surface area contributed by atoms with Gasteiger partial charge in [-0.15, -0.1) is 0 Å². The SMILES string of the molecule is Cc1cccc(C(=O)Nc2cc(C(N)=O)ccc2F)c1F. The number of nitrogens with two attached hydrogens (primary N) is 1. The van der Waals surface area contributed by atoms with Gasteiger partial charge in [-0.2, -0.15) is 0 Å². The minimum atomic E-state index is -0.809. The van der Waals surface area contributed by atoms with Crippen molar-refractivity contribution < 1.29 is 18.4 Å². The van der Waals surface area contributed by atoms with Crippen molar-refractivity contribution in [3.63, 3.8) is 0 Å². The van der Waals surface area contributed by atoms with Gasteiger partial charge in [0.2, 0.25) is 5.91 Å². The smallest absolute Gasteiger partial charge is 0.258 e. The van der Waals surface area contributed by atoms with Crippen LogP contribution in [0, 0.1) is 18.6 Å². The second-order valence-corrected chi connectivity index (χ2v) is 4.45. The van der Waals surface area contributed by atoms with Crippen LogP contribution in [-0.4, -0.2) is 11.8 Å². The van der Waals surface area contributed by atoms with Gasteiger partial charge < -0.3 is 11.1 Å². The summed E-state index contributed by atoms with van der Waals surface area (Å²) >= 11 is 0. The lowest BCUT2D eigenvalue weighted by Crippen LogP contribution is -2.17. The largest absolute Gasteiger partial charge is 0.366 e. The normalized spacial score (nSPS) is 10.2. The zero-order valence-corrected chi connectivity index (χ0v) is 11.1. The highest BCUT2D eigenvalue weighted by atomic mass is 19.1. The van der Waals surface area contributed by atoms with Gasteiger partial charge in [0.1, 0.15) is 11.6 Å². The van der Waals surface area contributed by atoms with Gasteiger partial charge in [0.05, 0.1) is 11.3 Å². The number of carbonyl (C=O) groups excluding carboxylic acids is 2. The molecule has 0 radical (unpaired) electrons. The molecule has 6 heteroatoms. The third kappa shape index (κ3) is 3.05. The van der Waals surface area contributed by atoms with Crippen molar-refractivity contribution in [2.75, 3.05) is 5.32 Å². The fourth-order valence-electron chi connectivity index (χ4n) is 1.79. The van der Waals surface area contributed by atoms with Crippen LogP contribution in [0.3, 0.4) is 0 Å². The van der Waals surface area contributed by atoms with Crippen LogP contribution in [0.15, 0.2) is 36.4 Å². The molecule has 108 valence electrons. The van der Waals surface area contributed by atoms with E-state index in [0.717, 1.165) is 12.1 Å². The Morgan fingerprint density at radius 1 is 1.14 bits per heavy atom. The first kappa shape index (κ1) is 14.6. The van der Waals surface area contributed by atoms with Gasteiger partial charge in [-0.05, 0) is 36.8 Å². The fourth-order valence-corrected chi connectivity index (χ4v) is 1.79. The number of primary amides is 1. The zero-order chi connectivity index (χ0) is 15.6. The van der Waals surface area contributed by atoms with Crippen LogP contribution in [0.2, 0.25) is 0 Å². The maximum absolute atomic E-state index is 13.8. The van der Waals surface area contributed by atoms with E-state index >= 15 is 0 Å². The van der Waals surface area contributed by atoms with Crippen LogP contribution in [0.5, 0.6) is 0 Å². The number of carbonyl (C=O) groups is 2. The van der Waals surface area contributed by atoms with E-state index in [-0.39, 0.29) is 16.8 Å². The van der Waals surface area contributed by atoms with E-state index in [1.165, 1.54) is 31.2 Å². The quantitative estimate of drug-likeness (QED) is 0.912. The third-order valence-corrected chi connectivity index (χ3v) is 2.94. The first-order valence-electron chi connectivity index (χ1n) is 6.06. The van der Waals surface area contributed by atoms with Gasteiger partial charge >= 0.3 is 0 Å². The molecule has 4 nitrogen and oxygen atoms in total. The summed E-state index contributed by atoms with van der Waals surface area (Å²) in [6.07, 6.45) is 0. The summed E-state index contributed by atoms with van der Waals surface area (Å²) in [6.45, 7) is 1.51. The average Bonchev–Trinajstić information content (AvgIpc) is 2.43. The van der Waals surface area contributed by atoms with Gasteiger partial charge in [-0.3, -0.25) is 9.59 Å². The summed E-state index contributed by atoms with van der Waals surface area (Å²) < 4.78 is 27.5. The molecular formula is C15H12F2N2O2. The highest BCUT2D eigenvalue weighted by Gasteiger charge is 2.15. The molecule has 0 fully saturated rings. The predicted molar refractivity (Wildman–Crippen MR) is 74.0 cm³/mol.